The maximum absolute atomic E-state index is 12.6. The molecule has 0 saturated heterocycles. The summed E-state index contributed by atoms with van der Waals surface area (Å²) >= 11 is 0. The van der Waals surface area contributed by atoms with E-state index in [9.17, 15) is 13.6 Å². The van der Waals surface area contributed by atoms with E-state index >= 15 is 0 Å². The average molecular weight is 221 g/mol. The molecule has 0 aliphatic heterocycles. The van der Waals surface area contributed by atoms with Crippen molar-refractivity contribution in [3.8, 4) is 0 Å². The van der Waals surface area contributed by atoms with Crippen molar-refractivity contribution in [3.63, 3.8) is 0 Å². The molecule has 1 saturated carbocycles. The summed E-state index contributed by atoms with van der Waals surface area (Å²) in [5.41, 5.74) is 4.85. The van der Waals surface area contributed by atoms with Gasteiger partial charge in [0.15, 0.2) is 0 Å². The van der Waals surface area contributed by atoms with Crippen LogP contribution < -0.4 is 5.73 Å². The molecule has 0 bridgehead atoms. The van der Waals surface area contributed by atoms with E-state index in [2.05, 4.69) is 0 Å². The molecule has 0 aromatic carbocycles. The number of hydrogen-bond donors (Lipinski definition) is 1. The third-order valence-electron chi connectivity index (χ3n) is 2.20. The molecular formula is C10H17F2NO2. The topological polar surface area (TPSA) is 52.3 Å². The van der Waals surface area contributed by atoms with Crippen molar-refractivity contribution in [3.05, 3.63) is 0 Å². The van der Waals surface area contributed by atoms with E-state index in [1.807, 2.05) is 0 Å². The first-order chi connectivity index (χ1) is 6.62. The van der Waals surface area contributed by atoms with E-state index in [4.69, 9.17) is 10.5 Å². The molecule has 2 atom stereocenters. The minimum Gasteiger partial charge on any atom is -0.459 e. The Hall–Kier alpha value is -0.710. The fourth-order valence-corrected chi connectivity index (χ4v) is 1.31. The molecule has 88 valence electrons. The zero-order valence-corrected chi connectivity index (χ0v) is 9.22. The van der Waals surface area contributed by atoms with Crippen LogP contribution in [-0.4, -0.2) is 23.5 Å². The molecular weight excluding hydrogens is 204 g/mol. The highest BCUT2D eigenvalue weighted by Crippen LogP contribution is 2.51. The van der Waals surface area contributed by atoms with E-state index in [-0.39, 0.29) is 12.8 Å². The molecule has 15 heavy (non-hydrogen) atoms. The van der Waals surface area contributed by atoms with Gasteiger partial charge in [-0.25, -0.2) is 8.78 Å². The zero-order chi connectivity index (χ0) is 11.9. The predicted molar refractivity (Wildman–Crippen MR) is 51.5 cm³/mol. The Morgan fingerprint density at radius 3 is 2.40 bits per heavy atom. The van der Waals surface area contributed by atoms with Gasteiger partial charge in [-0.15, -0.1) is 0 Å². The number of carbonyl (C=O) groups is 1. The Balaban J connectivity index is 2.35. The molecule has 3 nitrogen and oxygen atoms in total. The summed E-state index contributed by atoms with van der Waals surface area (Å²) in [7, 11) is 0. The Kier molecular flexibility index (Phi) is 3.05. The third-order valence-corrected chi connectivity index (χ3v) is 2.20. The fourth-order valence-electron chi connectivity index (χ4n) is 1.31. The summed E-state index contributed by atoms with van der Waals surface area (Å²) < 4.78 is 30.1. The number of ether oxygens (including phenoxy) is 1. The van der Waals surface area contributed by atoms with Crippen LogP contribution in [0.3, 0.4) is 0 Å². The van der Waals surface area contributed by atoms with Gasteiger partial charge in [-0.2, -0.15) is 0 Å². The minimum absolute atomic E-state index is 0.00190. The lowest BCUT2D eigenvalue weighted by atomic mass is 10.1. The molecule has 0 spiro atoms. The van der Waals surface area contributed by atoms with Gasteiger partial charge in [0.1, 0.15) is 11.6 Å². The van der Waals surface area contributed by atoms with E-state index in [0.717, 1.165) is 0 Å². The Morgan fingerprint density at radius 2 is 2.07 bits per heavy atom. The SMILES string of the molecule is CC(C)(C)OC(=O)[C@@H](N)CC1CC1(F)F. The summed E-state index contributed by atoms with van der Waals surface area (Å²) in [4.78, 5) is 11.3. The van der Waals surface area contributed by atoms with E-state index in [1.165, 1.54) is 0 Å². The number of rotatable bonds is 3. The highest BCUT2D eigenvalue weighted by atomic mass is 19.3. The Bertz CT molecular complexity index is 261. The van der Waals surface area contributed by atoms with Crippen LogP contribution in [0.2, 0.25) is 0 Å². The third kappa shape index (κ3) is 3.74. The second-order valence-electron chi connectivity index (χ2n) is 5.04. The summed E-state index contributed by atoms with van der Waals surface area (Å²) in [5, 5.41) is 0. The fraction of sp³-hybridized carbons (Fsp3) is 0.900. The molecule has 1 unspecified atom stereocenters. The first-order valence-corrected chi connectivity index (χ1v) is 4.98. The summed E-state index contributed by atoms with van der Waals surface area (Å²) in [6, 6.07) is -0.942. The van der Waals surface area contributed by atoms with Crippen molar-refractivity contribution in [1.29, 1.82) is 0 Å². The number of esters is 1. The zero-order valence-electron chi connectivity index (χ0n) is 9.22. The molecule has 1 rings (SSSR count). The first kappa shape index (κ1) is 12.4. The van der Waals surface area contributed by atoms with Gasteiger partial charge in [0, 0.05) is 12.3 Å². The lowest BCUT2D eigenvalue weighted by Gasteiger charge is -2.22. The van der Waals surface area contributed by atoms with Crippen LogP contribution in [0.1, 0.15) is 33.6 Å². The second kappa shape index (κ2) is 3.70. The molecule has 1 fully saturated rings. The number of alkyl halides is 2. The van der Waals surface area contributed by atoms with E-state index in [1.54, 1.807) is 20.8 Å². The van der Waals surface area contributed by atoms with Crippen molar-refractivity contribution in [2.45, 2.75) is 51.2 Å². The normalized spacial score (nSPS) is 25.9. The first-order valence-electron chi connectivity index (χ1n) is 4.98. The minimum atomic E-state index is -2.63. The van der Waals surface area contributed by atoms with Crippen LogP contribution in [0.4, 0.5) is 8.78 Å². The van der Waals surface area contributed by atoms with Gasteiger partial charge in [-0.1, -0.05) is 0 Å². The number of halogens is 2. The van der Waals surface area contributed by atoms with Gasteiger partial charge in [0.05, 0.1) is 0 Å². The smallest absolute Gasteiger partial charge is 0.323 e. The molecule has 5 heteroatoms. The molecule has 0 heterocycles. The number of carbonyl (C=O) groups excluding carboxylic acids is 1. The molecule has 2 N–H and O–H groups in total. The van der Waals surface area contributed by atoms with E-state index in [0.29, 0.717) is 0 Å². The van der Waals surface area contributed by atoms with Gasteiger partial charge in [0.25, 0.3) is 5.92 Å². The van der Waals surface area contributed by atoms with Gasteiger partial charge < -0.3 is 10.5 Å². The van der Waals surface area contributed by atoms with Gasteiger partial charge in [-0.3, -0.25) is 4.79 Å². The molecule has 0 amide bonds. The standard InChI is InChI=1S/C10H17F2NO2/c1-9(2,3)15-8(14)7(13)4-6-5-10(6,11)12/h6-7H,4-5,13H2,1-3H3/t6?,7-/m0/s1. The van der Waals surface area contributed by atoms with Gasteiger partial charge in [0.2, 0.25) is 0 Å². The largest absolute Gasteiger partial charge is 0.459 e. The van der Waals surface area contributed by atoms with Crippen molar-refractivity contribution < 1.29 is 18.3 Å². The highest BCUT2D eigenvalue weighted by Gasteiger charge is 2.57. The van der Waals surface area contributed by atoms with Gasteiger partial charge >= 0.3 is 5.97 Å². The molecule has 0 radical (unpaired) electrons. The number of nitrogens with two attached hydrogens (primary N) is 1. The Labute approximate surface area is 88.0 Å². The van der Waals surface area contributed by atoms with Crippen molar-refractivity contribution in [2.24, 2.45) is 11.7 Å². The van der Waals surface area contributed by atoms with Crippen LogP contribution in [0.5, 0.6) is 0 Å². The predicted octanol–water partition coefficient (Wildman–Crippen LogP) is 1.70. The van der Waals surface area contributed by atoms with E-state index < -0.39 is 29.5 Å². The average Bonchev–Trinajstić information content (AvgIpc) is 2.54. The molecule has 0 aromatic rings. The lowest BCUT2D eigenvalue weighted by molar-refractivity contribution is -0.156. The summed E-state index contributed by atoms with van der Waals surface area (Å²) in [5.74, 6) is -3.98. The number of hydrogen-bond acceptors (Lipinski definition) is 3. The Morgan fingerprint density at radius 1 is 1.60 bits per heavy atom. The quantitative estimate of drug-likeness (QED) is 0.738. The summed E-state index contributed by atoms with van der Waals surface area (Å²) in [6.45, 7) is 5.13. The lowest BCUT2D eigenvalue weighted by Crippen LogP contribution is -2.38. The highest BCUT2D eigenvalue weighted by molar-refractivity contribution is 5.75. The van der Waals surface area contributed by atoms with Crippen molar-refractivity contribution in [1.82, 2.24) is 0 Å². The van der Waals surface area contributed by atoms with Crippen LogP contribution >= 0.6 is 0 Å². The van der Waals surface area contributed by atoms with Crippen molar-refractivity contribution in [2.75, 3.05) is 0 Å². The molecule has 1 aliphatic rings. The van der Waals surface area contributed by atoms with Crippen LogP contribution in [0.15, 0.2) is 0 Å². The van der Waals surface area contributed by atoms with Gasteiger partial charge in [-0.05, 0) is 27.2 Å². The maximum atomic E-state index is 12.6. The molecule has 1 aliphatic carbocycles. The second-order valence-corrected chi connectivity index (χ2v) is 5.04. The van der Waals surface area contributed by atoms with Crippen LogP contribution in [-0.2, 0) is 9.53 Å². The van der Waals surface area contributed by atoms with Crippen molar-refractivity contribution >= 4 is 5.97 Å². The molecule has 0 aromatic heterocycles. The maximum Gasteiger partial charge on any atom is 0.323 e. The van der Waals surface area contributed by atoms with Crippen LogP contribution in [0.25, 0.3) is 0 Å². The monoisotopic (exact) mass is 221 g/mol. The summed E-state index contributed by atoms with van der Waals surface area (Å²) in [6.07, 6.45) is -0.161. The van der Waals surface area contributed by atoms with Crippen LogP contribution in [0, 0.1) is 5.92 Å².